The Balaban J connectivity index is 2.04. The van der Waals surface area contributed by atoms with Gasteiger partial charge < -0.3 is 9.84 Å². The molecule has 0 amide bonds. The van der Waals surface area contributed by atoms with Gasteiger partial charge in [-0.25, -0.2) is 9.78 Å². The van der Waals surface area contributed by atoms with Crippen LogP contribution in [0.25, 0.3) is 0 Å². The standard InChI is InChI=1S/C14H12N2O4/c17-12(11-4-2-1-3-5-11)8-16-7-6-15-13(9-16)20-10-14(18)19/h1-7,9H,8,10H2/p+1. The Hall–Kier alpha value is -2.76. The molecule has 6 heteroatoms. The van der Waals surface area contributed by atoms with Gasteiger partial charge in [0.25, 0.3) is 5.88 Å². The van der Waals surface area contributed by atoms with Crippen LogP contribution in [0.2, 0.25) is 0 Å². The van der Waals surface area contributed by atoms with Gasteiger partial charge in [0.05, 0.1) is 6.20 Å². The Labute approximate surface area is 115 Å². The molecular formula is C14H13N2O4+. The van der Waals surface area contributed by atoms with E-state index in [2.05, 4.69) is 4.98 Å². The first-order chi connectivity index (χ1) is 9.65. The lowest BCUT2D eigenvalue weighted by Crippen LogP contribution is -2.37. The highest BCUT2D eigenvalue weighted by Gasteiger charge is 2.13. The van der Waals surface area contributed by atoms with E-state index >= 15 is 0 Å². The summed E-state index contributed by atoms with van der Waals surface area (Å²) in [6.45, 7) is -0.334. The second-order valence-corrected chi connectivity index (χ2v) is 4.04. The van der Waals surface area contributed by atoms with E-state index in [4.69, 9.17) is 9.84 Å². The van der Waals surface area contributed by atoms with E-state index < -0.39 is 12.6 Å². The molecule has 20 heavy (non-hydrogen) atoms. The molecule has 102 valence electrons. The minimum absolute atomic E-state index is 0.0500. The summed E-state index contributed by atoms with van der Waals surface area (Å²) in [5, 5.41) is 8.52. The molecule has 0 radical (unpaired) electrons. The normalized spacial score (nSPS) is 10.0. The molecule has 0 saturated carbocycles. The highest BCUT2D eigenvalue weighted by molar-refractivity contribution is 5.94. The van der Waals surface area contributed by atoms with Crippen LogP contribution in [0.15, 0.2) is 48.9 Å². The Morgan fingerprint density at radius 3 is 2.70 bits per heavy atom. The number of ketones is 1. The fraction of sp³-hybridized carbons (Fsp3) is 0.143. The highest BCUT2D eigenvalue weighted by Crippen LogP contribution is 2.02. The molecule has 6 nitrogen and oxygen atoms in total. The zero-order valence-electron chi connectivity index (χ0n) is 10.6. The number of carbonyl (C=O) groups is 2. The summed E-state index contributed by atoms with van der Waals surface area (Å²) < 4.78 is 6.55. The largest absolute Gasteiger partial charge is 0.479 e. The molecule has 2 aromatic rings. The van der Waals surface area contributed by atoms with E-state index in [0.717, 1.165) is 0 Å². The summed E-state index contributed by atoms with van der Waals surface area (Å²) in [6.07, 6.45) is 4.56. The second kappa shape index (κ2) is 6.42. The third kappa shape index (κ3) is 3.88. The summed E-state index contributed by atoms with van der Waals surface area (Å²) in [4.78, 5) is 26.3. The van der Waals surface area contributed by atoms with Gasteiger partial charge in [-0.1, -0.05) is 30.3 Å². The van der Waals surface area contributed by atoms with Gasteiger partial charge >= 0.3 is 5.97 Å². The van der Waals surface area contributed by atoms with Crippen LogP contribution in [0.3, 0.4) is 0 Å². The third-order valence-electron chi connectivity index (χ3n) is 2.50. The average Bonchev–Trinajstić information content (AvgIpc) is 2.46. The van der Waals surface area contributed by atoms with Crippen LogP contribution in [0.1, 0.15) is 10.4 Å². The van der Waals surface area contributed by atoms with Crippen molar-refractivity contribution in [2.45, 2.75) is 6.54 Å². The van der Waals surface area contributed by atoms with Crippen molar-refractivity contribution in [1.29, 1.82) is 0 Å². The van der Waals surface area contributed by atoms with Crippen LogP contribution in [0.4, 0.5) is 0 Å². The van der Waals surface area contributed by atoms with E-state index in [9.17, 15) is 9.59 Å². The molecule has 0 bridgehead atoms. The zero-order chi connectivity index (χ0) is 14.4. The predicted octanol–water partition coefficient (Wildman–Crippen LogP) is 0.715. The molecular weight excluding hydrogens is 260 g/mol. The van der Waals surface area contributed by atoms with E-state index in [-0.39, 0.29) is 18.2 Å². The van der Waals surface area contributed by atoms with E-state index in [1.807, 2.05) is 6.07 Å². The molecule has 1 aromatic heterocycles. The van der Waals surface area contributed by atoms with Crippen molar-refractivity contribution >= 4 is 11.8 Å². The van der Waals surface area contributed by atoms with Crippen molar-refractivity contribution in [2.24, 2.45) is 0 Å². The number of aliphatic carboxylic acids is 1. The van der Waals surface area contributed by atoms with Gasteiger partial charge in [-0.15, -0.1) is 0 Å². The molecule has 0 fully saturated rings. The minimum atomic E-state index is -1.08. The van der Waals surface area contributed by atoms with Crippen molar-refractivity contribution in [2.75, 3.05) is 6.61 Å². The molecule has 0 atom stereocenters. The third-order valence-corrected chi connectivity index (χ3v) is 2.50. The SMILES string of the molecule is O=C(O)COc1c[n+](CC(=O)c2ccccc2)ccn1. The number of ether oxygens (including phenoxy) is 1. The van der Waals surface area contributed by atoms with Gasteiger partial charge in [0.1, 0.15) is 0 Å². The first kappa shape index (κ1) is 13.7. The number of hydrogen-bond acceptors (Lipinski definition) is 4. The van der Waals surface area contributed by atoms with Crippen molar-refractivity contribution in [3.63, 3.8) is 0 Å². The fourth-order valence-corrected chi connectivity index (χ4v) is 1.60. The predicted molar refractivity (Wildman–Crippen MR) is 68.3 cm³/mol. The molecule has 1 heterocycles. The van der Waals surface area contributed by atoms with Gasteiger partial charge in [-0.05, 0) is 0 Å². The number of nitrogens with zero attached hydrogens (tertiary/aromatic N) is 2. The zero-order valence-corrected chi connectivity index (χ0v) is 10.6. The van der Waals surface area contributed by atoms with Crippen LogP contribution < -0.4 is 9.30 Å². The maximum Gasteiger partial charge on any atom is 0.341 e. The van der Waals surface area contributed by atoms with Gasteiger partial charge in [-0.2, -0.15) is 4.57 Å². The monoisotopic (exact) mass is 273 g/mol. The first-order valence-corrected chi connectivity index (χ1v) is 5.93. The molecule has 1 N–H and O–H groups in total. The number of aromatic nitrogens is 2. The van der Waals surface area contributed by atoms with Gasteiger partial charge in [0, 0.05) is 5.56 Å². The summed E-state index contributed by atoms with van der Waals surface area (Å²) in [6, 6.07) is 8.92. The van der Waals surface area contributed by atoms with Crippen molar-refractivity contribution < 1.29 is 24.0 Å². The lowest BCUT2D eigenvalue weighted by Gasteiger charge is -2.01. The molecule has 0 aliphatic heterocycles. The molecule has 0 spiro atoms. The van der Waals surface area contributed by atoms with Crippen LogP contribution in [0.5, 0.6) is 5.88 Å². The van der Waals surface area contributed by atoms with Crippen molar-refractivity contribution in [3.8, 4) is 5.88 Å². The molecule has 0 aliphatic rings. The Kier molecular flexibility index (Phi) is 4.39. The van der Waals surface area contributed by atoms with E-state index in [1.54, 1.807) is 35.0 Å². The maximum absolute atomic E-state index is 12.0. The van der Waals surface area contributed by atoms with Gasteiger partial charge in [-0.3, -0.25) is 4.79 Å². The summed E-state index contributed by atoms with van der Waals surface area (Å²) in [7, 11) is 0. The summed E-state index contributed by atoms with van der Waals surface area (Å²) >= 11 is 0. The second-order valence-electron chi connectivity index (χ2n) is 4.04. The maximum atomic E-state index is 12.0. The molecule has 0 aliphatic carbocycles. The number of carboxylic acids is 1. The number of benzene rings is 1. The first-order valence-electron chi connectivity index (χ1n) is 5.93. The lowest BCUT2D eigenvalue weighted by atomic mass is 10.1. The molecule has 2 rings (SSSR count). The van der Waals surface area contributed by atoms with Crippen molar-refractivity contribution in [1.82, 2.24) is 4.98 Å². The van der Waals surface area contributed by atoms with E-state index in [0.29, 0.717) is 5.56 Å². The highest BCUT2D eigenvalue weighted by atomic mass is 16.5. The summed E-state index contributed by atoms with van der Waals surface area (Å²) in [5.74, 6) is -0.968. The number of Topliss-reactive ketones (excluding diaryl/α,β-unsaturated/α-hetero) is 1. The Bertz CT molecular complexity index is 614. The quantitative estimate of drug-likeness (QED) is 0.619. The van der Waals surface area contributed by atoms with Crippen molar-refractivity contribution in [3.05, 3.63) is 54.5 Å². The number of hydrogen-bond donors (Lipinski definition) is 1. The topological polar surface area (TPSA) is 80.4 Å². The molecule has 1 aromatic carbocycles. The number of carbonyl (C=O) groups excluding carboxylic acids is 1. The van der Waals surface area contributed by atoms with Crippen LogP contribution in [-0.4, -0.2) is 28.4 Å². The average molecular weight is 273 g/mol. The van der Waals surface area contributed by atoms with E-state index in [1.165, 1.54) is 12.4 Å². The minimum Gasteiger partial charge on any atom is -0.479 e. The fourth-order valence-electron chi connectivity index (χ4n) is 1.60. The number of rotatable bonds is 6. The molecule has 0 saturated heterocycles. The lowest BCUT2D eigenvalue weighted by molar-refractivity contribution is -0.684. The van der Waals surface area contributed by atoms with Crippen LogP contribution >= 0.6 is 0 Å². The summed E-state index contributed by atoms with van der Waals surface area (Å²) in [5.41, 5.74) is 0.616. The van der Waals surface area contributed by atoms with Gasteiger partial charge in [0.2, 0.25) is 18.5 Å². The Morgan fingerprint density at radius 2 is 2.00 bits per heavy atom. The number of carboxylic acid groups (broad SMARTS) is 1. The Morgan fingerprint density at radius 1 is 1.25 bits per heavy atom. The smallest absolute Gasteiger partial charge is 0.341 e. The van der Waals surface area contributed by atoms with Crippen LogP contribution in [0, 0.1) is 0 Å². The molecule has 0 unspecified atom stereocenters. The van der Waals surface area contributed by atoms with Crippen LogP contribution in [-0.2, 0) is 11.3 Å². The van der Waals surface area contributed by atoms with Gasteiger partial charge in [0.15, 0.2) is 12.8 Å².